The highest BCUT2D eigenvalue weighted by atomic mass is 16.2. The van der Waals surface area contributed by atoms with Gasteiger partial charge in [0.25, 0.3) is 0 Å². The van der Waals surface area contributed by atoms with E-state index in [9.17, 15) is 4.79 Å². The maximum atomic E-state index is 12.1. The van der Waals surface area contributed by atoms with Crippen molar-refractivity contribution in [1.82, 2.24) is 24.9 Å². The van der Waals surface area contributed by atoms with Crippen LogP contribution in [0.4, 0.5) is 0 Å². The third kappa shape index (κ3) is 3.07. The molecule has 0 bridgehead atoms. The van der Waals surface area contributed by atoms with Crippen LogP contribution in [0.25, 0.3) is 0 Å². The maximum Gasteiger partial charge on any atom is 0.222 e. The van der Waals surface area contributed by atoms with Crippen LogP contribution in [0.1, 0.15) is 28.9 Å². The highest BCUT2D eigenvalue weighted by Gasteiger charge is 2.14. The van der Waals surface area contributed by atoms with E-state index >= 15 is 0 Å². The van der Waals surface area contributed by atoms with Crippen LogP contribution in [0, 0.1) is 13.8 Å². The van der Waals surface area contributed by atoms with Crippen LogP contribution in [-0.4, -0.2) is 37.8 Å². The van der Waals surface area contributed by atoms with Crippen molar-refractivity contribution in [3.63, 3.8) is 0 Å². The first kappa shape index (κ1) is 14.3. The highest BCUT2D eigenvalue weighted by molar-refractivity contribution is 5.76. The molecule has 0 saturated heterocycles. The molecule has 2 heterocycles. The fourth-order valence-electron chi connectivity index (χ4n) is 2.33. The van der Waals surface area contributed by atoms with Gasteiger partial charge in [0.2, 0.25) is 5.91 Å². The van der Waals surface area contributed by atoms with Gasteiger partial charge in [0, 0.05) is 44.5 Å². The number of aryl methyl sites for hydroxylation is 2. The molecule has 6 nitrogen and oxygen atoms in total. The van der Waals surface area contributed by atoms with Gasteiger partial charge in [-0.3, -0.25) is 14.6 Å². The van der Waals surface area contributed by atoms with Gasteiger partial charge in [-0.2, -0.15) is 10.2 Å². The molecule has 1 N–H and O–H groups in total. The normalized spacial score (nSPS) is 10.8. The average Bonchev–Trinajstić information content (AvgIpc) is 2.98. The number of nitrogens with zero attached hydrogens (tertiary/aromatic N) is 4. The van der Waals surface area contributed by atoms with Gasteiger partial charge in [-0.1, -0.05) is 0 Å². The monoisotopic (exact) mass is 275 g/mol. The van der Waals surface area contributed by atoms with Crippen molar-refractivity contribution in [1.29, 1.82) is 0 Å². The Labute approximate surface area is 118 Å². The molecule has 0 aromatic carbocycles. The molecular weight excluding hydrogens is 254 g/mol. The Morgan fingerprint density at radius 3 is 2.75 bits per heavy atom. The van der Waals surface area contributed by atoms with E-state index < -0.39 is 0 Å². The predicted octanol–water partition coefficient (Wildman–Crippen LogP) is 1.35. The Bertz CT molecular complexity index is 585. The van der Waals surface area contributed by atoms with Gasteiger partial charge in [0.1, 0.15) is 0 Å². The summed E-state index contributed by atoms with van der Waals surface area (Å²) >= 11 is 0. The van der Waals surface area contributed by atoms with Gasteiger partial charge in [0.05, 0.1) is 11.9 Å². The Morgan fingerprint density at radius 2 is 2.20 bits per heavy atom. The van der Waals surface area contributed by atoms with Crippen molar-refractivity contribution >= 4 is 5.91 Å². The number of nitrogens with one attached hydrogen (secondary N) is 1. The zero-order valence-corrected chi connectivity index (χ0v) is 12.5. The van der Waals surface area contributed by atoms with Gasteiger partial charge >= 0.3 is 0 Å². The van der Waals surface area contributed by atoms with E-state index in [2.05, 4.69) is 15.3 Å². The molecule has 6 heteroatoms. The molecule has 0 radical (unpaired) electrons. The molecule has 1 amide bonds. The van der Waals surface area contributed by atoms with Crippen LogP contribution in [0.2, 0.25) is 0 Å². The van der Waals surface area contributed by atoms with Crippen molar-refractivity contribution in [2.45, 2.75) is 33.2 Å². The lowest BCUT2D eigenvalue weighted by molar-refractivity contribution is -0.130. The van der Waals surface area contributed by atoms with E-state index in [0.717, 1.165) is 23.4 Å². The second kappa shape index (κ2) is 5.90. The molecule has 108 valence electrons. The maximum absolute atomic E-state index is 12.1. The van der Waals surface area contributed by atoms with Crippen molar-refractivity contribution in [3.05, 3.63) is 34.9 Å². The van der Waals surface area contributed by atoms with Crippen molar-refractivity contribution in [3.8, 4) is 0 Å². The van der Waals surface area contributed by atoms with Crippen LogP contribution in [0.5, 0.6) is 0 Å². The van der Waals surface area contributed by atoms with E-state index in [0.29, 0.717) is 13.0 Å². The summed E-state index contributed by atoms with van der Waals surface area (Å²) in [7, 11) is 3.75. The topological polar surface area (TPSA) is 66.8 Å². The fourth-order valence-corrected chi connectivity index (χ4v) is 2.33. The predicted molar refractivity (Wildman–Crippen MR) is 76.1 cm³/mol. The van der Waals surface area contributed by atoms with Crippen molar-refractivity contribution in [2.24, 2.45) is 7.05 Å². The number of carbonyl (C=O) groups excluding carboxylic acids is 1. The number of hydrogen-bond donors (Lipinski definition) is 1. The minimum atomic E-state index is 0.133. The minimum absolute atomic E-state index is 0.133. The molecule has 2 aromatic heterocycles. The smallest absolute Gasteiger partial charge is 0.222 e. The number of carbonyl (C=O) groups is 1. The van der Waals surface area contributed by atoms with Crippen molar-refractivity contribution < 1.29 is 4.79 Å². The molecular formula is C14H21N5O. The van der Waals surface area contributed by atoms with E-state index in [1.165, 1.54) is 5.56 Å². The largest absolute Gasteiger partial charge is 0.341 e. The molecule has 2 rings (SSSR count). The summed E-state index contributed by atoms with van der Waals surface area (Å²) in [5, 5.41) is 11.0. The summed E-state index contributed by atoms with van der Waals surface area (Å²) in [4.78, 5) is 13.9. The van der Waals surface area contributed by atoms with Gasteiger partial charge in [-0.25, -0.2) is 0 Å². The van der Waals surface area contributed by atoms with E-state index in [1.807, 2.05) is 32.6 Å². The molecule has 0 unspecified atom stereocenters. The molecule has 0 atom stereocenters. The molecule has 0 spiro atoms. The lowest BCUT2D eigenvalue weighted by atomic mass is 10.1. The second-order valence-corrected chi connectivity index (χ2v) is 5.13. The summed E-state index contributed by atoms with van der Waals surface area (Å²) in [6, 6.07) is 0. The SMILES string of the molecule is Cc1nn(C)c(C)c1CCC(=O)N(C)Cc1cn[nH]c1. The molecule has 0 aliphatic rings. The van der Waals surface area contributed by atoms with Gasteiger partial charge in [-0.05, 0) is 25.8 Å². The van der Waals surface area contributed by atoms with Crippen LogP contribution in [-0.2, 0) is 24.8 Å². The third-order valence-electron chi connectivity index (χ3n) is 3.65. The minimum Gasteiger partial charge on any atom is -0.341 e. The quantitative estimate of drug-likeness (QED) is 0.895. The number of aromatic amines is 1. The number of rotatable bonds is 5. The van der Waals surface area contributed by atoms with E-state index in [4.69, 9.17) is 0 Å². The first-order valence-electron chi connectivity index (χ1n) is 6.69. The second-order valence-electron chi connectivity index (χ2n) is 5.13. The van der Waals surface area contributed by atoms with Crippen LogP contribution in [0.3, 0.4) is 0 Å². The zero-order valence-electron chi connectivity index (χ0n) is 12.5. The molecule has 0 fully saturated rings. The van der Waals surface area contributed by atoms with Crippen LogP contribution in [0.15, 0.2) is 12.4 Å². The number of hydrogen-bond acceptors (Lipinski definition) is 3. The lowest BCUT2D eigenvalue weighted by Gasteiger charge is -2.16. The third-order valence-corrected chi connectivity index (χ3v) is 3.65. The van der Waals surface area contributed by atoms with Crippen LogP contribution >= 0.6 is 0 Å². The summed E-state index contributed by atoms with van der Waals surface area (Å²) in [6.45, 7) is 4.61. The van der Waals surface area contributed by atoms with Crippen LogP contribution < -0.4 is 0 Å². The average molecular weight is 275 g/mol. The number of amides is 1. The Hall–Kier alpha value is -2.11. The first-order valence-corrected chi connectivity index (χ1v) is 6.69. The summed E-state index contributed by atoms with van der Waals surface area (Å²) in [5.74, 6) is 0.133. The summed E-state index contributed by atoms with van der Waals surface area (Å²) < 4.78 is 1.87. The zero-order chi connectivity index (χ0) is 14.7. The molecule has 0 aliphatic carbocycles. The summed E-state index contributed by atoms with van der Waals surface area (Å²) in [5.41, 5.74) is 4.33. The van der Waals surface area contributed by atoms with Gasteiger partial charge in [0.15, 0.2) is 0 Å². The van der Waals surface area contributed by atoms with E-state index in [1.54, 1.807) is 17.3 Å². The first-order chi connectivity index (χ1) is 9.49. The Kier molecular flexibility index (Phi) is 4.22. The van der Waals surface area contributed by atoms with Gasteiger partial charge < -0.3 is 4.90 Å². The molecule has 0 aliphatic heterocycles. The van der Waals surface area contributed by atoms with Crippen molar-refractivity contribution in [2.75, 3.05) is 7.05 Å². The molecule has 20 heavy (non-hydrogen) atoms. The Morgan fingerprint density at radius 1 is 1.45 bits per heavy atom. The number of H-pyrrole nitrogens is 1. The molecule has 2 aromatic rings. The Balaban J connectivity index is 1.91. The highest BCUT2D eigenvalue weighted by Crippen LogP contribution is 2.14. The van der Waals surface area contributed by atoms with Gasteiger partial charge in [-0.15, -0.1) is 0 Å². The fraction of sp³-hybridized carbons (Fsp3) is 0.500. The standard InChI is InChI=1S/C14H21N5O/c1-10-13(11(2)19(4)17-10)5-6-14(20)18(3)9-12-7-15-16-8-12/h7-8H,5-6,9H2,1-4H3,(H,15,16). The number of aromatic nitrogens is 4. The van der Waals surface area contributed by atoms with E-state index in [-0.39, 0.29) is 5.91 Å². The lowest BCUT2D eigenvalue weighted by Crippen LogP contribution is -2.26. The molecule has 0 saturated carbocycles. The summed E-state index contributed by atoms with van der Waals surface area (Å²) in [6.07, 6.45) is 4.78.